The lowest BCUT2D eigenvalue weighted by Crippen LogP contribution is -2.22. The number of Topliss-reactive ketones (excluding diaryl/α,β-unsaturated/α-hetero) is 1. The van der Waals surface area contributed by atoms with Gasteiger partial charge in [-0.25, -0.2) is 0 Å². The lowest BCUT2D eigenvalue weighted by atomic mass is 9.86. The number of unbranched alkanes of at least 4 members (excludes halogenated alkanes) is 1. The van der Waals surface area contributed by atoms with Crippen LogP contribution in [0.25, 0.3) is 0 Å². The number of ether oxygens (including phenoxy) is 1. The van der Waals surface area contributed by atoms with Crippen molar-refractivity contribution >= 4 is 5.78 Å². The van der Waals surface area contributed by atoms with Gasteiger partial charge in [0.1, 0.15) is 6.61 Å². The molecular weight excluding hydrogens is 188 g/mol. The summed E-state index contributed by atoms with van der Waals surface area (Å²) in [5.41, 5.74) is 0. The van der Waals surface area contributed by atoms with E-state index in [1.807, 2.05) is 6.08 Å². The van der Waals surface area contributed by atoms with Crippen LogP contribution in [0.3, 0.4) is 0 Å². The van der Waals surface area contributed by atoms with Gasteiger partial charge >= 0.3 is 0 Å². The molecule has 0 unspecified atom stereocenters. The third-order valence-corrected chi connectivity index (χ3v) is 3.00. The molecule has 0 spiro atoms. The van der Waals surface area contributed by atoms with E-state index >= 15 is 0 Å². The molecular formula is C13H22O2. The van der Waals surface area contributed by atoms with E-state index in [1.54, 1.807) is 0 Å². The summed E-state index contributed by atoms with van der Waals surface area (Å²) in [4.78, 5) is 11.7. The fraction of sp³-hybridized carbons (Fsp3) is 0.769. The first kappa shape index (κ1) is 12.4. The highest BCUT2D eigenvalue weighted by atomic mass is 16.5. The van der Waals surface area contributed by atoms with Crippen LogP contribution in [-0.4, -0.2) is 19.0 Å². The number of hydrogen-bond acceptors (Lipinski definition) is 2. The van der Waals surface area contributed by atoms with E-state index in [0.717, 1.165) is 25.7 Å². The molecule has 0 saturated heterocycles. The smallest absolute Gasteiger partial charge is 0.161 e. The Morgan fingerprint density at radius 1 is 1.33 bits per heavy atom. The van der Waals surface area contributed by atoms with Gasteiger partial charge in [0.15, 0.2) is 5.78 Å². The average molecular weight is 210 g/mol. The van der Waals surface area contributed by atoms with Crippen LogP contribution >= 0.6 is 0 Å². The first-order valence-corrected chi connectivity index (χ1v) is 6.06. The Kier molecular flexibility index (Phi) is 6.33. The summed E-state index contributed by atoms with van der Waals surface area (Å²) in [5.74, 6) is 0.603. The van der Waals surface area contributed by atoms with Crippen LogP contribution in [0.1, 0.15) is 44.9 Å². The molecule has 0 N–H and O–H groups in total. The first-order valence-electron chi connectivity index (χ1n) is 6.06. The van der Waals surface area contributed by atoms with Crippen LogP contribution in [0, 0.1) is 5.92 Å². The molecule has 0 bridgehead atoms. The van der Waals surface area contributed by atoms with E-state index in [-0.39, 0.29) is 5.92 Å². The topological polar surface area (TPSA) is 26.3 Å². The number of hydrogen-bond donors (Lipinski definition) is 0. The van der Waals surface area contributed by atoms with Gasteiger partial charge in [0.25, 0.3) is 0 Å². The minimum Gasteiger partial charge on any atom is -0.374 e. The molecule has 2 nitrogen and oxygen atoms in total. The van der Waals surface area contributed by atoms with Crippen molar-refractivity contribution in [2.45, 2.75) is 44.9 Å². The molecule has 1 aliphatic rings. The van der Waals surface area contributed by atoms with E-state index in [4.69, 9.17) is 4.74 Å². The van der Waals surface area contributed by atoms with Gasteiger partial charge < -0.3 is 4.74 Å². The Bertz CT molecular complexity index is 193. The summed E-state index contributed by atoms with van der Waals surface area (Å²) in [6.45, 7) is 4.65. The second-order valence-electron chi connectivity index (χ2n) is 4.28. The summed E-state index contributed by atoms with van der Waals surface area (Å²) in [7, 11) is 0. The molecule has 15 heavy (non-hydrogen) atoms. The van der Waals surface area contributed by atoms with E-state index in [0.29, 0.717) is 19.0 Å². The van der Waals surface area contributed by atoms with Crippen molar-refractivity contribution in [3.63, 3.8) is 0 Å². The molecule has 1 aliphatic carbocycles. The van der Waals surface area contributed by atoms with E-state index in [9.17, 15) is 4.79 Å². The van der Waals surface area contributed by atoms with Crippen molar-refractivity contribution in [3.05, 3.63) is 12.7 Å². The summed E-state index contributed by atoms with van der Waals surface area (Å²) < 4.78 is 5.35. The second-order valence-corrected chi connectivity index (χ2v) is 4.28. The highest BCUT2D eigenvalue weighted by molar-refractivity contribution is 5.82. The van der Waals surface area contributed by atoms with Gasteiger partial charge in [0.05, 0.1) is 0 Å². The fourth-order valence-electron chi connectivity index (χ4n) is 2.04. The zero-order valence-electron chi connectivity index (χ0n) is 9.54. The standard InChI is InChI=1S/C13H22O2/c1-2-3-7-10-15-11-13(14)12-8-5-4-6-9-12/h2,12H,1,3-11H2. The third kappa shape index (κ3) is 5.12. The van der Waals surface area contributed by atoms with Crippen LogP contribution < -0.4 is 0 Å². The van der Waals surface area contributed by atoms with E-state index < -0.39 is 0 Å². The summed E-state index contributed by atoms with van der Waals surface area (Å²) in [6.07, 6.45) is 9.71. The van der Waals surface area contributed by atoms with Crippen LogP contribution in [0.5, 0.6) is 0 Å². The predicted octanol–water partition coefficient (Wildman–Crippen LogP) is 3.12. The normalized spacial score (nSPS) is 17.6. The predicted molar refractivity (Wildman–Crippen MR) is 61.8 cm³/mol. The highest BCUT2D eigenvalue weighted by Crippen LogP contribution is 2.24. The van der Waals surface area contributed by atoms with Gasteiger partial charge in [0.2, 0.25) is 0 Å². The van der Waals surface area contributed by atoms with Crippen molar-refractivity contribution < 1.29 is 9.53 Å². The zero-order valence-corrected chi connectivity index (χ0v) is 9.54. The van der Waals surface area contributed by atoms with Crippen LogP contribution in [0.2, 0.25) is 0 Å². The van der Waals surface area contributed by atoms with Gasteiger partial charge in [0, 0.05) is 12.5 Å². The Labute approximate surface area is 92.7 Å². The van der Waals surface area contributed by atoms with Gasteiger partial charge in [-0.1, -0.05) is 25.3 Å². The molecule has 86 valence electrons. The van der Waals surface area contributed by atoms with Gasteiger partial charge in [-0.15, -0.1) is 6.58 Å². The van der Waals surface area contributed by atoms with Gasteiger partial charge in [-0.2, -0.15) is 0 Å². The highest BCUT2D eigenvalue weighted by Gasteiger charge is 2.20. The van der Waals surface area contributed by atoms with Gasteiger partial charge in [-0.3, -0.25) is 4.79 Å². The molecule has 1 fully saturated rings. The van der Waals surface area contributed by atoms with Crippen LogP contribution in [0.15, 0.2) is 12.7 Å². The lowest BCUT2D eigenvalue weighted by Gasteiger charge is -2.19. The van der Waals surface area contributed by atoms with Crippen molar-refractivity contribution in [3.8, 4) is 0 Å². The number of rotatable bonds is 7. The van der Waals surface area contributed by atoms with Crippen molar-refractivity contribution in [1.29, 1.82) is 0 Å². The summed E-state index contributed by atoms with van der Waals surface area (Å²) >= 11 is 0. The maximum atomic E-state index is 11.7. The van der Waals surface area contributed by atoms with Crippen LogP contribution in [-0.2, 0) is 9.53 Å². The van der Waals surface area contributed by atoms with Crippen molar-refractivity contribution in [2.75, 3.05) is 13.2 Å². The minimum absolute atomic E-state index is 0.290. The minimum atomic E-state index is 0.290. The second kappa shape index (κ2) is 7.63. The molecule has 0 aromatic carbocycles. The number of ketones is 1. The molecule has 1 rings (SSSR count). The molecule has 0 radical (unpaired) electrons. The van der Waals surface area contributed by atoms with Crippen molar-refractivity contribution in [1.82, 2.24) is 0 Å². The monoisotopic (exact) mass is 210 g/mol. The SMILES string of the molecule is C=CCCCOCC(=O)C1CCCCC1. The summed E-state index contributed by atoms with van der Waals surface area (Å²) in [5, 5.41) is 0. The van der Waals surface area contributed by atoms with Crippen LogP contribution in [0.4, 0.5) is 0 Å². The van der Waals surface area contributed by atoms with E-state index in [1.165, 1.54) is 19.3 Å². The number of allylic oxidation sites excluding steroid dienone is 1. The molecule has 0 aliphatic heterocycles. The Balaban J connectivity index is 2.04. The molecule has 0 heterocycles. The first-order chi connectivity index (χ1) is 7.34. The molecule has 0 amide bonds. The maximum Gasteiger partial charge on any atom is 0.161 e. The Morgan fingerprint density at radius 2 is 2.07 bits per heavy atom. The molecule has 0 aromatic heterocycles. The molecule has 1 saturated carbocycles. The van der Waals surface area contributed by atoms with E-state index in [2.05, 4.69) is 6.58 Å². The fourth-order valence-corrected chi connectivity index (χ4v) is 2.04. The molecule has 0 atom stereocenters. The Hall–Kier alpha value is -0.630. The third-order valence-electron chi connectivity index (χ3n) is 3.00. The van der Waals surface area contributed by atoms with Gasteiger partial charge in [-0.05, 0) is 25.7 Å². The molecule has 0 aromatic rings. The molecule has 2 heteroatoms. The van der Waals surface area contributed by atoms with Crippen molar-refractivity contribution in [2.24, 2.45) is 5.92 Å². The zero-order chi connectivity index (χ0) is 10.9. The summed E-state index contributed by atoms with van der Waals surface area (Å²) in [6, 6.07) is 0. The number of carbonyl (C=O) groups is 1. The maximum absolute atomic E-state index is 11.7. The quantitative estimate of drug-likeness (QED) is 0.476. The average Bonchev–Trinajstić information content (AvgIpc) is 2.30. The largest absolute Gasteiger partial charge is 0.374 e. The lowest BCUT2D eigenvalue weighted by molar-refractivity contribution is -0.128. The Morgan fingerprint density at radius 3 is 2.73 bits per heavy atom. The number of carbonyl (C=O) groups excluding carboxylic acids is 1.